The van der Waals surface area contributed by atoms with Gasteiger partial charge in [-0.2, -0.15) is 0 Å². The number of hydrogen-bond acceptors (Lipinski definition) is 5. The fourth-order valence-corrected chi connectivity index (χ4v) is 2.43. The molecule has 0 aliphatic carbocycles. The highest BCUT2D eigenvalue weighted by atomic mass is 16.5. The molecule has 0 bridgehead atoms. The van der Waals surface area contributed by atoms with E-state index in [2.05, 4.69) is 9.88 Å². The Labute approximate surface area is 118 Å². The van der Waals surface area contributed by atoms with Gasteiger partial charge in [0.15, 0.2) is 0 Å². The first-order valence-corrected chi connectivity index (χ1v) is 6.93. The minimum atomic E-state index is -0.411. The number of likely N-dealkylation sites (tertiary alicyclic amines) is 1. The van der Waals surface area contributed by atoms with Gasteiger partial charge in [0.1, 0.15) is 18.3 Å². The predicted octanol–water partition coefficient (Wildman–Crippen LogP) is 1.57. The van der Waals surface area contributed by atoms with Crippen molar-refractivity contribution in [3.05, 3.63) is 30.1 Å². The van der Waals surface area contributed by atoms with E-state index in [1.807, 2.05) is 18.3 Å². The molecule has 20 heavy (non-hydrogen) atoms. The largest absolute Gasteiger partial charge is 0.461 e. The standard InChI is InChI=1S/C15H20N2O3/c1-12(18)8-15(19)20-14-5-3-7-17(11-14)10-13-4-2-6-16-9-13/h2,4,6,9,14H,3,5,7-8,10-11H2,1H3. The van der Waals surface area contributed by atoms with Gasteiger partial charge in [-0.1, -0.05) is 6.07 Å². The van der Waals surface area contributed by atoms with Crippen molar-refractivity contribution in [2.45, 2.75) is 38.8 Å². The average Bonchev–Trinajstić information content (AvgIpc) is 2.39. The van der Waals surface area contributed by atoms with Crippen molar-refractivity contribution in [2.75, 3.05) is 13.1 Å². The third-order valence-corrected chi connectivity index (χ3v) is 3.28. The van der Waals surface area contributed by atoms with Crippen molar-refractivity contribution in [1.82, 2.24) is 9.88 Å². The molecule has 1 fully saturated rings. The van der Waals surface area contributed by atoms with Crippen molar-refractivity contribution >= 4 is 11.8 Å². The fourth-order valence-electron chi connectivity index (χ4n) is 2.43. The number of Topliss-reactive ketones (excluding diaryl/α,β-unsaturated/α-hetero) is 1. The predicted molar refractivity (Wildman–Crippen MR) is 73.9 cm³/mol. The molecule has 1 unspecified atom stereocenters. The molecular weight excluding hydrogens is 256 g/mol. The molecule has 1 aliphatic rings. The topological polar surface area (TPSA) is 59.5 Å². The maximum atomic E-state index is 11.5. The van der Waals surface area contributed by atoms with Gasteiger partial charge in [-0.25, -0.2) is 0 Å². The van der Waals surface area contributed by atoms with Gasteiger partial charge in [0.05, 0.1) is 0 Å². The summed E-state index contributed by atoms with van der Waals surface area (Å²) >= 11 is 0. The van der Waals surface area contributed by atoms with Gasteiger partial charge in [0.25, 0.3) is 0 Å². The summed E-state index contributed by atoms with van der Waals surface area (Å²) in [6.45, 7) is 3.93. The van der Waals surface area contributed by atoms with Crippen LogP contribution in [-0.2, 0) is 20.9 Å². The van der Waals surface area contributed by atoms with Crippen molar-refractivity contribution in [2.24, 2.45) is 0 Å². The molecule has 0 aromatic carbocycles. The molecule has 1 atom stereocenters. The van der Waals surface area contributed by atoms with E-state index in [9.17, 15) is 9.59 Å². The number of ketones is 1. The molecule has 108 valence electrons. The lowest BCUT2D eigenvalue weighted by atomic mass is 10.1. The Morgan fingerprint density at radius 2 is 2.35 bits per heavy atom. The van der Waals surface area contributed by atoms with Crippen LogP contribution in [0.1, 0.15) is 31.7 Å². The zero-order chi connectivity index (χ0) is 14.4. The molecule has 5 heteroatoms. The Balaban J connectivity index is 1.82. The van der Waals surface area contributed by atoms with E-state index < -0.39 is 5.97 Å². The minimum Gasteiger partial charge on any atom is -0.461 e. The van der Waals surface area contributed by atoms with Gasteiger partial charge in [0.2, 0.25) is 0 Å². The van der Waals surface area contributed by atoms with E-state index in [1.54, 1.807) is 6.20 Å². The Bertz CT molecular complexity index is 461. The number of carbonyl (C=O) groups excluding carboxylic acids is 2. The minimum absolute atomic E-state index is 0.104. The van der Waals surface area contributed by atoms with Gasteiger partial charge >= 0.3 is 5.97 Å². The second kappa shape index (κ2) is 7.14. The van der Waals surface area contributed by atoms with Crippen molar-refractivity contribution in [1.29, 1.82) is 0 Å². The van der Waals surface area contributed by atoms with E-state index in [4.69, 9.17) is 4.74 Å². The summed E-state index contributed by atoms with van der Waals surface area (Å²) < 4.78 is 5.35. The first kappa shape index (κ1) is 14.7. The van der Waals surface area contributed by atoms with E-state index >= 15 is 0 Å². The summed E-state index contributed by atoms with van der Waals surface area (Å²) in [4.78, 5) is 28.8. The maximum absolute atomic E-state index is 11.5. The van der Waals surface area contributed by atoms with Crippen LogP contribution >= 0.6 is 0 Å². The van der Waals surface area contributed by atoms with E-state index in [1.165, 1.54) is 6.92 Å². The molecule has 2 heterocycles. The average molecular weight is 276 g/mol. The van der Waals surface area contributed by atoms with Gasteiger partial charge < -0.3 is 4.74 Å². The van der Waals surface area contributed by atoms with Crippen molar-refractivity contribution < 1.29 is 14.3 Å². The summed E-state index contributed by atoms with van der Waals surface area (Å²) in [5, 5.41) is 0. The second-order valence-electron chi connectivity index (χ2n) is 5.23. The molecule has 0 spiro atoms. The number of piperidine rings is 1. The third-order valence-electron chi connectivity index (χ3n) is 3.28. The van der Waals surface area contributed by atoms with Crippen molar-refractivity contribution in [3.63, 3.8) is 0 Å². The molecule has 0 amide bonds. The molecule has 1 aromatic rings. The van der Waals surface area contributed by atoms with E-state index in [-0.39, 0.29) is 18.3 Å². The highest BCUT2D eigenvalue weighted by Crippen LogP contribution is 2.16. The molecule has 0 radical (unpaired) electrons. The lowest BCUT2D eigenvalue weighted by Gasteiger charge is -2.32. The zero-order valence-electron chi connectivity index (χ0n) is 11.7. The number of carbonyl (C=O) groups is 2. The summed E-state index contributed by atoms with van der Waals surface area (Å²) in [6.07, 6.45) is 5.24. The SMILES string of the molecule is CC(=O)CC(=O)OC1CCCN(Cc2cccnc2)C1. The molecule has 2 rings (SSSR count). The van der Waals surface area contributed by atoms with E-state index in [0.29, 0.717) is 0 Å². The number of aromatic nitrogens is 1. The lowest BCUT2D eigenvalue weighted by Crippen LogP contribution is -2.40. The zero-order valence-corrected chi connectivity index (χ0v) is 11.7. The number of ether oxygens (including phenoxy) is 1. The number of hydrogen-bond donors (Lipinski definition) is 0. The summed E-state index contributed by atoms with van der Waals surface area (Å²) in [7, 11) is 0. The van der Waals surface area contributed by atoms with Gasteiger partial charge in [-0.3, -0.25) is 19.5 Å². The van der Waals surface area contributed by atoms with Crippen LogP contribution in [0.5, 0.6) is 0 Å². The maximum Gasteiger partial charge on any atom is 0.313 e. The van der Waals surface area contributed by atoms with Crippen LogP contribution in [0.4, 0.5) is 0 Å². The molecular formula is C15H20N2O3. The van der Waals surface area contributed by atoms with Crippen LogP contribution in [0.25, 0.3) is 0 Å². The summed E-state index contributed by atoms with van der Waals surface area (Å²) in [6, 6.07) is 3.96. The highest BCUT2D eigenvalue weighted by molar-refractivity contribution is 5.94. The Kier molecular flexibility index (Phi) is 5.24. The van der Waals surface area contributed by atoms with Crippen LogP contribution in [-0.4, -0.2) is 40.8 Å². The number of nitrogens with zero attached hydrogens (tertiary/aromatic N) is 2. The molecule has 5 nitrogen and oxygen atoms in total. The number of rotatable bonds is 5. The van der Waals surface area contributed by atoms with E-state index in [0.717, 1.165) is 38.0 Å². The Hall–Kier alpha value is -1.75. The molecule has 0 saturated carbocycles. The normalized spacial score (nSPS) is 19.6. The first-order valence-electron chi connectivity index (χ1n) is 6.93. The molecule has 1 saturated heterocycles. The van der Waals surface area contributed by atoms with Crippen LogP contribution < -0.4 is 0 Å². The van der Waals surface area contributed by atoms with Crippen LogP contribution in [0.3, 0.4) is 0 Å². The lowest BCUT2D eigenvalue weighted by molar-refractivity contribution is -0.153. The van der Waals surface area contributed by atoms with Crippen molar-refractivity contribution in [3.8, 4) is 0 Å². The Morgan fingerprint density at radius 3 is 3.05 bits per heavy atom. The molecule has 0 N–H and O–H groups in total. The van der Waals surface area contributed by atoms with Gasteiger partial charge in [-0.15, -0.1) is 0 Å². The summed E-state index contributed by atoms with van der Waals surface area (Å²) in [5.41, 5.74) is 1.16. The van der Waals surface area contributed by atoms with Gasteiger partial charge in [-0.05, 0) is 37.9 Å². The third kappa shape index (κ3) is 4.74. The number of pyridine rings is 1. The molecule has 1 aromatic heterocycles. The van der Waals surface area contributed by atoms with Crippen LogP contribution in [0, 0.1) is 0 Å². The highest BCUT2D eigenvalue weighted by Gasteiger charge is 2.23. The smallest absolute Gasteiger partial charge is 0.313 e. The first-order chi connectivity index (χ1) is 9.63. The molecule has 1 aliphatic heterocycles. The Morgan fingerprint density at radius 1 is 1.50 bits per heavy atom. The second-order valence-corrected chi connectivity index (χ2v) is 5.23. The quantitative estimate of drug-likeness (QED) is 0.603. The van der Waals surface area contributed by atoms with Crippen LogP contribution in [0.15, 0.2) is 24.5 Å². The number of esters is 1. The monoisotopic (exact) mass is 276 g/mol. The summed E-state index contributed by atoms with van der Waals surface area (Å²) in [5.74, 6) is -0.566. The van der Waals surface area contributed by atoms with Gasteiger partial charge in [0, 0.05) is 25.5 Å². The van der Waals surface area contributed by atoms with Crippen LogP contribution in [0.2, 0.25) is 0 Å². The fraction of sp³-hybridized carbons (Fsp3) is 0.533.